The molecule has 0 aromatic rings. The minimum atomic E-state index is -1.10. The van der Waals surface area contributed by atoms with E-state index >= 15 is 0 Å². The van der Waals surface area contributed by atoms with Gasteiger partial charge in [0.05, 0.1) is 5.38 Å². The van der Waals surface area contributed by atoms with Gasteiger partial charge in [-0.2, -0.15) is 0 Å². The molecule has 0 aliphatic heterocycles. The number of halogens is 2. The average Bonchev–Trinajstić information content (AvgIpc) is 2.00. The minimum Gasteiger partial charge on any atom is -0.480 e. The summed E-state index contributed by atoms with van der Waals surface area (Å²) >= 11 is 11.1. The van der Waals surface area contributed by atoms with Crippen molar-refractivity contribution < 1.29 is 9.90 Å². The molecule has 0 rings (SSSR count). The van der Waals surface area contributed by atoms with E-state index in [0.717, 1.165) is 0 Å². The molecule has 0 aliphatic carbocycles. The van der Waals surface area contributed by atoms with E-state index in [4.69, 9.17) is 34.0 Å². The highest BCUT2D eigenvalue weighted by Gasteiger charge is 2.26. The normalized spacial score (nSPS) is 18.9. The molecule has 0 radical (unpaired) electrons. The molecule has 0 saturated heterocycles. The zero-order valence-electron chi connectivity index (χ0n) is 6.13. The van der Waals surface area contributed by atoms with Crippen LogP contribution in [0.15, 0.2) is 0 Å². The van der Waals surface area contributed by atoms with Gasteiger partial charge in [-0.15, -0.1) is 23.2 Å². The second-order valence-electron chi connectivity index (χ2n) is 2.44. The highest BCUT2D eigenvalue weighted by Crippen LogP contribution is 2.14. The molecular weight excluding hydrogens is 189 g/mol. The van der Waals surface area contributed by atoms with Crippen LogP contribution in [0, 0.1) is 5.92 Å². The number of carboxylic acids is 1. The number of aliphatic carboxylic acids is 1. The molecule has 0 heterocycles. The maximum atomic E-state index is 10.3. The van der Waals surface area contributed by atoms with E-state index in [1.807, 2.05) is 0 Å². The van der Waals surface area contributed by atoms with E-state index in [9.17, 15) is 4.79 Å². The second kappa shape index (κ2) is 4.80. The van der Waals surface area contributed by atoms with Crippen LogP contribution in [-0.2, 0) is 4.79 Å². The van der Waals surface area contributed by atoms with Crippen LogP contribution >= 0.6 is 23.2 Å². The highest BCUT2D eigenvalue weighted by atomic mass is 35.5. The second-order valence-corrected chi connectivity index (χ2v) is 3.25. The summed E-state index contributed by atoms with van der Waals surface area (Å²) in [4.78, 5) is 10.3. The van der Waals surface area contributed by atoms with Crippen molar-refractivity contribution in [2.24, 2.45) is 11.7 Å². The van der Waals surface area contributed by atoms with Crippen molar-refractivity contribution in [1.82, 2.24) is 0 Å². The molecule has 0 fully saturated rings. The summed E-state index contributed by atoms with van der Waals surface area (Å²) in [6.07, 6.45) is 0. The SMILES string of the molecule is CC(CCl)C(Cl)C(N)C(=O)O. The van der Waals surface area contributed by atoms with Crippen molar-refractivity contribution in [3.8, 4) is 0 Å². The molecule has 11 heavy (non-hydrogen) atoms. The van der Waals surface area contributed by atoms with E-state index in [1.54, 1.807) is 6.92 Å². The van der Waals surface area contributed by atoms with Gasteiger partial charge in [-0.05, 0) is 5.92 Å². The van der Waals surface area contributed by atoms with Crippen LogP contribution in [0.25, 0.3) is 0 Å². The summed E-state index contributed by atoms with van der Waals surface area (Å²) in [5.41, 5.74) is 5.25. The van der Waals surface area contributed by atoms with Crippen LogP contribution in [0.2, 0.25) is 0 Å². The van der Waals surface area contributed by atoms with Gasteiger partial charge in [0.15, 0.2) is 0 Å². The van der Waals surface area contributed by atoms with Gasteiger partial charge in [-0.3, -0.25) is 4.79 Å². The summed E-state index contributed by atoms with van der Waals surface area (Å²) in [7, 11) is 0. The third-order valence-electron chi connectivity index (χ3n) is 1.42. The lowest BCUT2D eigenvalue weighted by Crippen LogP contribution is -2.42. The summed E-state index contributed by atoms with van der Waals surface area (Å²) < 4.78 is 0. The third-order valence-corrected chi connectivity index (χ3v) is 2.60. The van der Waals surface area contributed by atoms with Gasteiger partial charge >= 0.3 is 5.97 Å². The molecule has 0 amide bonds. The standard InChI is InChI=1S/C6H11Cl2NO2/c1-3(2-7)4(8)5(9)6(10)11/h3-5H,2,9H2,1H3,(H,10,11). The van der Waals surface area contributed by atoms with Crippen LogP contribution < -0.4 is 5.73 Å². The van der Waals surface area contributed by atoms with Gasteiger partial charge in [0.25, 0.3) is 0 Å². The van der Waals surface area contributed by atoms with Crippen molar-refractivity contribution in [2.75, 3.05) is 5.88 Å². The highest BCUT2D eigenvalue weighted by molar-refractivity contribution is 6.24. The first kappa shape index (κ1) is 11.0. The minimum absolute atomic E-state index is 0.0931. The summed E-state index contributed by atoms with van der Waals surface area (Å²) in [6.45, 7) is 1.76. The Balaban J connectivity index is 4.00. The molecule has 5 heteroatoms. The zero-order chi connectivity index (χ0) is 9.02. The number of rotatable bonds is 4. The van der Waals surface area contributed by atoms with Crippen LogP contribution in [0.5, 0.6) is 0 Å². The van der Waals surface area contributed by atoms with Crippen molar-refractivity contribution >= 4 is 29.2 Å². The Morgan fingerprint density at radius 1 is 1.73 bits per heavy atom. The fraction of sp³-hybridized carbons (Fsp3) is 0.833. The van der Waals surface area contributed by atoms with Crippen molar-refractivity contribution in [1.29, 1.82) is 0 Å². The number of alkyl halides is 2. The Labute approximate surface area is 75.5 Å². The fourth-order valence-electron chi connectivity index (χ4n) is 0.575. The Morgan fingerprint density at radius 2 is 2.18 bits per heavy atom. The molecule has 0 saturated carbocycles. The molecule has 0 aliphatic rings. The lowest BCUT2D eigenvalue weighted by Gasteiger charge is -2.18. The molecular formula is C6H11Cl2NO2. The molecule has 0 aromatic heterocycles. The summed E-state index contributed by atoms with van der Waals surface area (Å²) in [5.74, 6) is -0.874. The van der Waals surface area contributed by atoms with Crippen molar-refractivity contribution in [2.45, 2.75) is 18.3 Å². The molecule has 3 unspecified atom stereocenters. The Kier molecular flexibility index (Phi) is 4.81. The summed E-state index contributed by atoms with van der Waals surface area (Å²) in [6, 6.07) is -1.04. The Hall–Kier alpha value is 0.01000. The predicted octanol–water partition coefficient (Wildman–Crippen LogP) is 0.881. The van der Waals surface area contributed by atoms with Gasteiger partial charge in [0.2, 0.25) is 0 Å². The third kappa shape index (κ3) is 3.27. The first-order valence-corrected chi connectivity index (χ1v) is 4.16. The first-order valence-electron chi connectivity index (χ1n) is 3.19. The maximum Gasteiger partial charge on any atom is 0.322 e. The predicted molar refractivity (Wildman–Crippen MR) is 45.1 cm³/mol. The molecule has 0 spiro atoms. The fourth-order valence-corrected chi connectivity index (χ4v) is 1.06. The lowest BCUT2D eigenvalue weighted by molar-refractivity contribution is -0.138. The molecule has 66 valence electrons. The van der Waals surface area contributed by atoms with E-state index in [-0.39, 0.29) is 5.92 Å². The van der Waals surface area contributed by atoms with Crippen LogP contribution in [-0.4, -0.2) is 28.4 Å². The number of hydrogen-bond donors (Lipinski definition) is 2. The smallest absolute Gasteiger partial charge is 0.322 e. The van der Waals surface area contributed by atoms with E-state index in [0.29, 0.717) is 5.88 Å². The summed E-state index contributed by atoms with van der Waals surface area (Å²) in [5, 5.41) is 7.84. The zero-order valence-corrected chi connectivity index (χ0v) is 7.64. The lowest BCUT2D eigenvalue weighted by atomic mass is 10.0. The average molecular weight is 200 g/mol. The Bertz CT molecular complexity index is 143. The largest absolute Gasteiger partial charge is 0.480 e. The van der Waals surface area contributed by atoms with Crippen molar-refractivity contribution in [3.63, 3.8) is 0 Å². The van der Waals surface area contributed by atoms with Gasteiger partial charge in [-0.25, -0.2) is 0 Å². The maximum absolute atomic E-state index is 10.3. The molecule has 3 atom stereocenters. The van der Waals surface area contributed by atoms with Gasteiger partial charge in [-0.1, -0.05) is 6.92 Å². The van der Waals surface area contributed by atoms with E-state index < -0.39 is 17.4 Å². The quantitative estimate of drug-likeness (QED) is 0.662. The van der Waals surface area contributed by atoms with Crippen LogP contribution in [0.1, 0.15) is 6.92 Å². The van der Waals surface area contributed by atoms with Gasteiger partial charge in [0.1, 0.15) is 6.04 Å². The molecule has 0 aromatic carbocycles. The number of nitrogens with two attached hydrogens (primary N) is 1. The molecule has 3 nitrogen and oxygen atoms in total. The molecule has 3 N–H and O–H groups in total. The van der Waals surface area contributed by atoms with Crippen LogP contribution in [0.3, 0.4) is 0 Å². The number of carbonyl (C=O) groups is 1. The van der Waals surface area contributed by atoms with Gasteiger partial charge < -0.3 is 10.8 Å². The molecule has 0 bridgehead atoms. The number of carboxylic acid groups (broad SMARTS) is 1. The van der Waals surface area contributed by atoms with Gasteiger partial charge in [0, 0.05) is 5.88 Å². The first-order chi connectivity index (χ1) is 5.00. The number of hydrogen-bond acceptors (Lipinski definition) is 2. The Morgan fingerprint density at radius 3 is 2.45 bits per heavy atom. The van der Waals surface area contributed by atoms with E-state index in [2.05, 4.69) is 0 Å². The topological polar surface area (TPSA) is 63.3 Å². The van der Waals surface area contributed by atoms with E-state index in [1.165, 1.54) is 0 Å². The van der Waals surface area contributed by atoms with Crippen molar-refractivity contribution in [3.05, 3.63) is 0 Å². The van der Waals surface area contributed by atoms with Crippen LogP contribution in [0.4, 0.5) is 0 Å². The monoisotopic (exact) mass is 199 g/mol.